The van der Waals surface area contributed by atoms with Crippen molar-refractivity contribution in [1.82, 2.24) is 5.43 Å². The van der Waals surface area contributed by atoms with Gasteiger partial charge in [0.05, 0.1) is 18.4 Å². The third kappa shape index (κ3) is 7.98. The summed E-state index contributed by atoms with van der Waals surface area (Å²) in [5.74, 6) is -10.6. The second kappa shape index (κ2) is 12.9. The molecule has 0 saturated heterocycles. The van der Waals surface area contributed by atoms with Crippen LogP contribution >= 0.6 is 0 Å². The molecule has 1 rings (SSSR count). The molecule has 0 radical (unpaired) electrons. The Kier molecular flexibility index (Phi) is 10.6. The first-order chi connectivity index (χ1) is 15.5. The van der Waals surface area contributed by atoms with Crippen LogP contribution < -0.4 is 5.43 Å². The first-order valence-corrected chi connectivity index (χ1v) is 10.3. The van der Waals surface area contributed by atoms with Gasteiger partial charge >= 0.3 is 23.9 Å². The van der Waals surface area contributed by atoms with Crippen LogP contribution in [0.1, 0.15) is 64.7 Å². The molecule has 5 N–H and O–H groups in total. The zero-order valence-electron chi connectivity index (χ0n) is 18.0. The normalized spacial score (nSPS) is 13.7. The number of nitrogens with one attached hydrogen (secondary N) is 1. The molecule has 0 spiro atoms. The van der Waals surface area contributed by atoms with E-state index in [1.54, 1.807) is 0 Å². The number of carboxylic acids is 4. The zero-order chi connectivity index (χ0) is 25.1. The summed E-state index contributed by atoms with van der Waals surface area (Å²) in [4.78, 5) is 70.2. The van der Waals surface area contributed by atoms with E-state index < -0.39 is 65.1 Å². The number of hydrogen-bond donors (Lipinski definition) is 5. The van der Waals surface area contributed by atoms with E-state index in [-0.39, 0.29) is 17.7 Å². The Morgan fingerprint density at radius 1 is 0.727 bits per heavy atom. The minimum absolute atomic E-state index is 0.0769. The van der Waals surface area contributed by atoms with Crippen LogP contribution in [0.4, 0.5) is 0 Å². The lowest BCUT2D eigenvalue weighted by atomic mass is 9.87. The maximum atomic E-state index is 12.4. The number of nitrogens with zero attached hydrogens (tertiary/aromatic N) is 1. The molecule has 0 aromatic heterocycles. The van der Waals surface area contributed by atoms with Crippen molar-refractivity contribution in [3.05, 3.63) is 22.4 Å². The number of Topliss-reactive ketones (excluding diaryl/α,β-unsaturated/α-hetero) is 2. The molecular formula is C21H26N2O10. The van der Waals surface area contributed by atoms with Crippen molar-refractivity contribution in [3.63, 3.8) is 0 Å². The molecule has 33 heavy (non-hydrogen) atoms. The molecule has 0 aliphatic carbocycles. The quantitative estimate of drug-likeness (QED) is 0.172. The number of carbonyl (C=O) groups is 6. The second-order valence-electron chi connectivity index (χ2n) is 7.31. The number of rotatable bonds is 15. The topological polar surface area (TPSA) is 208 Å². The van der Waals surface area contributed by atoms with E-state index in [9.17, 15) is 44.1 Å². The molecule has 0 atom stereocenters. The largest absolute Gasteiger partial charge is 0.481 e. The molecule has 0 aromatic rings. The Bertz CT molecular complexity index is 943. The number of unbranched alkanes of at least 4 members (excludes halogenated alkanes) is 5. The summed E-state index contributed by atoms with van der Waals surface area (Å²) in [5.41, 5.74) is -0.487. The van der Waals surface area contributed by atoms with Crippen LogP contribution in [-0.2, 0) is 28.8 Å². The van der Waals surface area contributed by atoms with Crippen molar-refractivity contribution in [3.8, 4) is 0 Å². The fraction of sp³-hybridized carbons (Fsp3) is 0.476. The van der Waals surface area contributed by atoms with E-state index >= 15 is 0 Å². The fourth-order valence-electron chi connectivity index (χ4n) is 3.34. The smallest absolute Gasteiger partial charge is 0.379 e. The number of hydrazone groups is 1. The van der Waals surface area contributed by atoms with Gasteiger partial charge in [-0.05, 0) is 24.0 Å². The second-order valence-corrected chi connectivity index (χ2v) is 7.31. The van der Waals surface area contributed by atoms with Crippen LogP contribution in [-0.4, -0.2) is 61.6 Å². The highest BCUT2D eigenvalue weighted by Gasteiger charge is 2.37. The molecule has 12 heteroatoms. The van der Waals surface area contributed by atoms with Crippen LogP contribution in [0.25, 0.3) is 0 Å². The summed E-state index contributed by atoms with van der Waals surface area (Å²) in [6.45, 7) is 2.05. The van der Waals surface area contributed by atoms with Crippen LogP contribution in [0.5, 0.6) is 0 Å². The molecule has 0 saturated carbocycles. The van der Waals surface area contributed by atoms with Crippen molar-refractivity contribution in [2.24, 2.45) is 5.10 Å². The molecule has 12 nitrogen and oxygen atoms in total. The first-order valence-electron chi connectivity index (χ1n) is 10.3. The van der Waals surface area contributed by atoms with Crippen molar-refractivity contribution < 1.29 is 49.2 Å². The highest BCUT2D eigenvalue weighted by atomic mass is 16.4. The maximum absolute atomic E-state index is 12.4. The fourth-order valence-corrected chi connectivity index (χ4v) is 3.34. The van der Waals surface area contributed by atoms with Gasteiger partial charge in [0.1, 0.15) is 5.71 Å². The Morgan fingerprint density at radius 2 is 1.24 bits per heavy atom. The lowest BCUT2D eigenvalue weighted by Gasteiger charge is -2.16. The number of allylic oxidation sites excluding steroid dienone is 1. The predicted molar refractivity (Wildman–Crippen MR) is 112 cm³/mol. The summed E-state index contributed by atoms with van der Waals surface area (Å²) < 4.78 is 0. The zero-order valence-corrected chi connectivity index (χ0v) is 18.0. The van der Waals surface area contributed by atoms with Crippen LogP contribution in [0, 0.1) is 0 Å². The van der Waals surface area contributed by atoms with E-state index in [2.05, 4.69) is 17.5 Å². The van der Waals surface area contributed by atoms with Gasteiger partial charge in [-0.15, -0.1) is 0 Å². The van der Waals surface area contributed by atoms with Crippen LogP contribution in [0.15, 0.2) is 27.5 Å². The molecular weight excluding hydrogens is 440 g/mol. The van der Waals surface area contributed by atoms with Gasteiger partial charge in [0, 0.05) is 5.70 Å². The van der Waals surface area contributed by atoms with E-state index in [1.807, 2.05) is 0 Å². The number of carboxylic acid groups (broad SMARTS) is 4. The highest BCUT2D eigenvalue weighted by molar-refractivity contribution is 6.71. The van der Waals surface area contributed by atoms with E-state index in [0.29, 0.717) is 6.42 Å². The van der Waals surface area contributed by atoms with Gasteiger partial charge in [0.15, 0.2) is 0 Å². The number of carbonyl (C=O) groups excluding carboxylic acids is 2. The number of aliphatic carboxylic acids is 4. The molecule has 1 aliphatic heterocycles. The Hall–Kier alpha value is -3.83. The van der Waals surface area contributed by atoms with Gasteiger partial charge in [-0.25, -0.2) is 9.59 Å². The molecule has 0 fully saturated rings. The van der Waals surface area contributed by atoms with Gasteiger partial charge < -0.3 is 20.4 Å². The average Bonchev–Trinajstić information content (AvgIpc) is 2.86. The van der Waals surface area contributed by atoms with E-state index in [1.165, 1.54) is 0 Å². The first kappa shape index (κ1) is 27.2. The van der Waals surface area contributed by atoms with Gasteiger partial charge in [0.2, 0.25) is 0 Å². The molecule has 0 amide bonds. The Morgan fingerprint density at radius 3 is 1.76 bits per heavy atom. The monoisotopic (exact) mass is 466 g/mol. The summed E-state index contributed by atoms with van der Waals surface area (Å²) in [7, 11) is 0. The SMILES string of the molecule is CCCCCCCCC1=C(CC(=O)O)C(CC(=O)O)=C(C(=O)C(=O)O)C(C(=O)C(=O)O)=NN1. The minimum Gasteiger partial charge on any atom is -0.481 e. The Labute approximate surface area is 188 Å². The lowest BCUT2D eigenvalue weighted by molar-refractivity contribution is -0.147. The standard InChI is InChI=1S/C21H26N2O10/c1-2-3-4-5-6-7-8-13-11(9-14(24)25)12(10-15(26)27)16(18(28)20(30)31)17(23-22-13)19(29)21(32)33/h22H,2-10H2,1H3,(H,24,25)(H,26,27)(H,30,31)(H,32,33). The van der Waals surface area contributed by atoms with Gasteiger partial charge in [-0.3, -0.25) is 24.6 Å². The van der Waals surface area contributed by atoms with E-state index in [0.717, 1.165) is 32.1 Å². The van der Waals surface area contributed by atoms with E-state index in [4.69, 9.17) is 5.11 Å². The number of hydrogen-bond acceptors (Lipinski definition) is 8. The summed E-state index contributed by atoms with van der Waals surface area (Å²) >= 11 is 0. The summed E-state index contributed by atoms with van der Waals surface area (Å²) in [6, 6.07) is 0. The van der Waals surface area contributed by atoms with Gasteiger partial charge in [0.25, 0.3) is 11.6 Å². The molecule has 1 heterocycles. The maximum Gasteiger partial charge on any atom is 0.379 e. The molecule has 0 aromatic carbocycles. The molecule has 0 bridgehead atoms. The minimum atomic E-state index is -2.09. The van der Waals surface area contributed by atoms with Crippen molar-refractivity contribution >= 4 is 41.2 Å². The van der Waals surface area contributed by atoms with Crippen molar-refractivity contribution in [2.75, 3.05) is 0 Å². The predicted octanol–water partition coefficient (Wildman–Crippen LogP) is 1.50. The molecule has 180 valence electrons. The third-order valence-electron chi connectivity index (χ3n) is 4.84. The summed E-state index contributed by atoms with van der Waals surface area (Å²) in [6.07, 6.45) is 3.56. The highest BCUT2D eigenvalue weighted by Crippen LogP contribution is 2.30. The summed E-state index contributed by atoms with van der Waals surface area (Å²) in [5, 5.41) is 40.6. The molecule has 0 unspecified atom stereocenters. The third-order valence-corrected chi connectivity index (χ3v) is 4.84. The molecule has 1 aliphatic rings. The van der Waals surface area contributed by atoms with Crippen LogP contribution in [0.3, 0.4) is 0 Å². The van der Waals surface area contributed by atoms with Gasteiger partial charge in [-0.2, -0.15) is 5.10 Å². The lowest BCUT2D eigenvalue weighted by Crippen LogP contribution is -2.33. The van der Waals surface area contributed by atoms with Crippen LogP contribution in [0.2, 0.25) is 0 Å². The Balaban J connectivity index is 3.66. The van der Waals surface area contributed by atoms with Crippen molar-refractivity contribution in [1.29, 1.82) is 0 Å². The average molecular weight is 466 g/mol. The van der Waals surface area contributed by atoms with Crippen molar-refractivity contribution in [2.45, 2.75) is 64.7 Å². The number of ketones is 2. The van der Waals surface area contributed by atoms with Gasteiger partial charge in [-0.1, -0.05) is 39.0 Å².